The predicted molar refractivity (Wildman–Crippen MR) is 65.3 cm³/mol. The maximum atomic E-state index is 6.06. The number of nitrogens with one attached hydrogen (secondary N) is 1. The summed E-state index contributed by atoms with van der Waals surface area (Å²) in [7, 11) is 2.04. The summed E-state index contributed by atoms with van der Waals surface area (Å²) in [4.78, 5) is 0. The zero-order chi connectivity index (χ0) is 10.8. The minimum atomic E-state index is 0.484. The van der Waals surface area contributed by atoms with E-state index in [-0.39, 0.29) is 0 Å². The van der Waals surface area contributed by atoms with Gasteiger partial charge in [0.05, 0.1) is 0 Å². The Morgan fingerprint density at radius 2 is 2.13 bits per heavy atom. The first-order valence-electron chi connectivity index (χ1n) is 5.65. The zero-order valence-corrected chi connectivity index (χ0v) is 10.1. The van der Waals surface area contributed by atoms with Crippen molar-refractivity contribution in [2.45, 2.75) is 32.2 Å². The summed E-state index contributed by atoms with van der Waals surface area (Å²) in [6.45, 7) is 2.16. The zero-order valence-electron chi connectivity index (χ0n) is 9.39. The van der Waals surface area contributed by atoms with Crippen molar-refractivity contribution in [1.82, 2.24) is 5.32 Å². The summed E-state index contributed by atoms with van der Waals surface area (Å²) in [6.07, 6.45) is 4.07. The molecule has 1 unspecified atom stereocenters. The summed E-state index contributed by atoms with van der Waals surface area (Å²) >= 11 is 6.06. The quantitative estimate of drug-likeness (QED) is 0.824. The van der Waals surface area contributed by atoms with Crippen LogP contribution in [0, 0.1) is 12.8 Å². The number of halogens is 1. The second-order valence-electron chi connectivity index (χ2n) is 4.46. The van der Waals surface area contributed by atoms with Crippen LogP contribution in [0.15, 0.2) is 18.2 Å². The van der Waals surface area contributed by atoms with E-state index in [1.165, 1.54) is 30.4 Å². The summed E-state index contributed by atoms with van der Waals surface area (Å²) in [5.41, 5.74) is 2.71. The molecule has 15 heavy (non-hydrogen) atoms. The van der Waals surface area contributed by atoms with Gasteiger partial charge in [-0.2, -0.15) is 0 Å². The Morgan fingerprint density at radius 3 is 2.67 bits per heavy atom. The van der Waals surface area contributed by atoms with E-state index in [9.17, 15) is 0 Å². The first-order chi connectivity index (χ1) is 7.22. The molecule has 1 saturated carbocycles. The molecule has 1 aromatic rings. The lowest BCUT2D eigenvalue weighted by atomic mass is 9.76. The van der Waals surface area contributed by atoms with Gasteiger partial charge >= 0.3 is 0 Å². The number of benzene rings is 1. The molecule has 0 saturated heterocycles. The fourth-order valence-corrected chi connectivity index (χ4v) is 2.55. The molecule has 0 spiro atoms. The van der Waals surface area contributed by atoms with Gasteiger partial charge in [-0.1, -0.05) is 24.1 Å². The molecule has 1 aliphatic carbocycles. The van der Waals surface area contributed by atoms with Crippen LogP contribution in [-0.2, 0) is 0 Å². The van der Waals surface area contributed by atoms with Gasteiger partial charge in [0.25, 0.3) is 0 Å². The van der Waals surface area contributed by atoms with Gasteiger partial charge in [0, 0.05) is 11.1 Å². The maximum absolute atomic E-state index is 6.06. The highest BCUT2D eigenvalue weighted by molar-refractivity contribution is 6.30. The van der Waals surface area contributed by atoms with Crippen molar-refractivity contribution in [1.29, 1.82) is 0 Å². The first kappa shape index (κ1) is 11.0. The third-order valence-electron chi connectivity index (χ3n) is 3.51. The van der Waals surface area contributed by atoms with Crippen LogP contribution in [0.5, 0.6) is 0 Å². The molecule has 0 heterocycles. The third kappa shape index (κ3) is 2.19. The molecule has 1 atom stereocenters. The highest BCUT2D eigenvalue weighted by Crippen LogP contribution is 2.38. The molecule has 1 aromatic carbocycles. The smallest absolute Gasteiger partial charge is 0.0409 e. The van der Waals surface area contributed by atoms with Gasteiger partial charge in [-0.25, -0.2) is 0 Å². The molecule has 0 amide bonds. The van der Waals surface area contributed by atoms with E-state index >= 15 is 0 Å². The van der Waals surface area contributed by atoms with Crippen molar-refractivity contribution in [3.8, 4) is 0 Å². The minimum absolute atomic E-state index is 0.484. The van der Waals surface area contributed by atoms with Gasteiger partial charge < -0.3 is 5.32 Å². The Bertz CT molecular complexity index is 344. The van der Waals surface area contributed by atoms with Crippen LogP contribution in [-0.4, -0.2) is 7.05 Å². The third-order valence-corrected chi connectivity index (χ3v) is 3.74. The van der Waals surface area contributed by atoms with E-state index in [1.54, 1.807) is 0 Å². The molecule has 1 nitrogen and oxygen atoms in total. The number of aryl methyl sites for hydroxylation is 1. The van der Waals surface area contributed by atoms with Gasteiger partial charge in [-0.05, 0) is 56.0 Å². The molecule has 1 N–H and O–H groups in total. The van der Waals surface area contributed by atoms with E-state index in [0.717, 1.165) is 10.9 Å². The van der Waals surface area contributed by atoms with Gasteiger partial charge in [-0.3, -0.25) is 0 Å². The summed E-state index contributed by atoms with van der Waals surface area (Å²) in [6, 6.07) is 6.67. The van der Waals surface area contributed by atoms with Crippen LogP contribution in [0.4, 0.5) is 0 Å². The van der Waals surface area contributed by atoms with Crippen LogP contribution in [0.25, 0.3) is 0 Å². The Hall–Kier alpha value is -0.530. The molecular formula is C13H18ClN. The van der Waals surface area contributed by atoms with E-state index in [2.05, 4.69) is 24.4 Å². The molecule has 1 aliphatic rings. The SMILES string of the molecule is CNC(c1cc(Cl)ccc1C)C1CCC1. The van der Waals surface area contributed by atoms with Crippen molar-refractivity contribution in [2.75, 3.05) is 7.05 Å². The van der Waals surface area contributed by atoms with E-state index < -0.39 is 0 Å². The standard InChI is InChI=1S/C13H18ClN/c1-9-6-7-11(14)8-12(9)13(15-2)10-4-3-5-10/h6-8,10,13,15H,3-5H2,1-2H3. The second kappa shape index (κ2) is 4.54. The molecule has 0 radical (unpaired) electrons. The van der Waals surface area contributed by atoms with E-state index in [4.69, 9.17) is 11.6 Å². The maximum Gasteiger partial charge on any atom is 0.0409 e. The van der Waals surface area contributed by atoms with Gasteiger partial charge in [0.2, 0.25) is 0 Å². The van der Waals surface area contributed by atoms with Crippen molar-refractivity contribution in [3.05, 3.63) is 34.3 Å². The minimum Gasteiger partial charge on any atom is -0.313 e. The van der Waals surface area contributed by atoms with Crippen LogP contribution in [0.1, 0.15) is 36.4 Å². The molecule has 0 bridgehead atoms. The van der Waals surface area contributed by atoms with E-state index in [1.807, 2.05) is 13.1 Å². The molecule has 2 heteroatoms. The van der Waals surface area contributed by atoms with Crippen molar-refractivity contribution in [2.24, 2.45) is 5.92 Å². The molecule has 82 valence electrons. The van der Waals surface area contributed by atoms with Gasteiger partial charge in [-0.15, -0.1) is 0 Å². The average Bonchev–Trinajstić information content (AvgIpc) is 2.15. The Balaban J connectivity index is 2.28. The van der Waals surface area contributed by atoms with Crippen LogP contribution >= 0.6 is 11.6 Å². The molecule has 1 fully saturated rings. The van der Waals surface area contributed by atoms with Crippen LogP contribution in [0.2, 0.25) is 5.02 Å². The number of rotatable bonds is 3. The topological polar surface area (TPSA) is 12.0 Å². The lowest BCUT2D eigenvalue weighted by Gasteiger charge is -2.34. The first-order valence-corrected chi connectivity index (χ1v) is 6.03. The highest BCUT2D eigenvalue weighted by Gasteiger charge is 2.28. The van der Waals surface area contributed by atoms with Gasteiger partial charge in [0.15, 0.2) is 0 Å². The van der Waals surface area contributed by atoms with Crippen molar-refractivity contribution in [3.63, 3.8) is 0 Å². The van der Waals surface area contributed by atoms with Crippen LogP contribution < -0.4 is 5.32 Å². The van der Waals surface area contributed by atoms with Crippen molar-refractivity contribution >= 4 is 11.6 Å². The lowest BCUT2D eigenvalue weighted by Crippen LogP contribution is -2.30. The largest absolute Gasteiger partial charge is 0.313 e. The molecule has 2 rings (SSSR count). The summed E-state index contributed by atoms with van der Waals surface area (Å²) in [5.74, 6) is 0.798. The van der Waals surface area contributed by atoms with E-state index in [0.29, 0.717) is 6.04 Å². The molecular weight excluding hydrogens is 206 g/mol. The average molecular weight is 224 g/mol. The fourth-order valence-electron chi connectivity index (χ4n) is 2.36. The van der Waals surface area contributed by atoms with Gasteiger partial charge in [0.1, 0.15) is 0 Å². The lowest BCUT2D eigenvalue weighted by molar-refractivity contribution is 0.239. The van der Waals surface area contributed by atoms with Crippen molar-refractivity contribution < 1.29 is 0 Å². The molecule has 0 aliphatic heterocycles. The normalized spacial score (nSPS) is 18.6. The highest BCUT2D eigenvalue weighted by atomic mass is 35.5. The monoisotopic (exact) mass is 223 g/mol. The fraction of sp³-hybridized carbons (Fsp3) is 0.538. The summed E-state index contributed by atoms with van der Waals surface area (Å²) in [5, 5.41) is 4.27. The Morgan fingerprint density at radius 1 is 1.40 bits per heavy atom. The number of hydrogen-bond acceptors (Lipinski definition) is 1. The Kier molecular flexibility index (Phi) is 3.32. The predicted octanol–water partition coefficient (Wildman–Crippen LogP) is 3.71. The summed E-state index contributed by atoms with van der Waals surface area (Å²) < 4.78 is 0. The van der Waals surface area contributed by atoms with Crippen LogP contribution in [0.3, 0.4) is 0 Å². The second-order valence-corrected chi connectivity index (χ2v) is 4.89. The number of hydrogen-bond donors (Lipinski definition) is 1. The molecule has 0 aromatic heterocycles. The Labute approximate surface area is 96.8 Å².